The minimum absolute atomic E-state index is 0.124. The summed E-state index contributed by atoms with van der Waals surface area (Å²) in [6.07, 6.45) is 2.50. The standard InChI is InChI=1S/C17H16Cl2N4OS/c1-3-15-21-12(10-25-15)9-22(2)14-8-20-23(17(24)16(14)19)13-6-4-11(18)5-7-13/h4-8,10H,3,9H2,1-2H3. The van der Waals surface area contributed by atoms with Gasteiger partial charge in [0.15, 0.2) is 0 Å². The molecule has 0 saturated carbocycles. The van der Waals surface area contributed by atoms with Gasteiger partial charge in [0, 0.05) is 17.5 Å². The molecule has 0 fully saturated rings. The molecule has 3 rings (SSSR count). The predicted molar refractivity (Wildman–Crippen MR) is 103 cm³/mol. The van der Waals surface area contributed by atoms with E-state index in [0.717, 1.165) is 17.1 Å². The summed E-state index contributed by atoms with van der Waals surface area (Å²) < 4.78 is 1.26. The minimum atomic E-state index is -0.374. The number of aromatic nitrogens is 3. The number of anilines is 1. The third-order valence-corrected chi connectivity index (χ3v) is 5.33. The van der Waals surface area contributed by atoms with Gasteiger partial charge in [0.05, 0.1) is 34.8 Å². The average molecular weight is 395 g/mol. The Morgan fingerprint density at radius 3 is 2.60 bits per heavy atom. The van der Waals surface area contributed by atoms with E-state index in [2.05, 4.69) is 17.0 Å². The van der Waals surface area contributed by atoms with Gasteiger partial charge in [0.1, 0.15) is 5.02 Å². The third-order valence-electron chi connectivity index (χ3n) is 3.68. The number of benzene rings is 1. The molecule has 0 amide bonds. The molecule has 130 valence electrons. The second kappa shape index (κ2) is 7.56. The van der Waals surface area contributed by atoms with Crippen molar-refractivity contribution in [3.63, 3.8) is 0 Å². The fraction of sp³-hybridized carbons (Fsp3) is 0.235. The first-order chi connectivity index (χ1) is 12.0. The molecule has 0 radical (unpaired) electrons. The average Bonchev–Trinajstić information content (AvgIpc) is 3.05. The van der Waals surface area contributed by atoms with Gasteiger partial charge in [-0.25, -0.2) is 4.98 Å². The van der Waals surface area contributed by atoms with Crippen molar-refractivity contribution in [2.45, 2.75) is 19.9 Å². The number of thiazole rings is 1. The van der Waals surface area contributed by atoms with Crippen LogP contribution in [0.1, 0.15) is 17.6 Å². The van der Waals surface area contributed by atoms with Crippen LogP contribution in [0.4, 0.5) is 5.69 Å². The summed E-state index contributed by atoms with van der Waals surface area (Å²) in [6.45, 7) is 2.63. The van der Waals surface area contributed by atoms with Crippen molar-refractivity contribution in [2.24, 2.45) is 0 Å². The quantitative estimate of drug-likeness (QED) is 0.650. The molecule has 5 nitrogen and oxygen atoms in total. The van der Waals surface area contributed by atoms with E-state index >= 15 is 0 Å². The van der Waals surface area contributed by atoms with Crippen LogP contribution in [-0.2, 0) is 13.0 Å². The third kappa shape index (κ3) is 3.86. The first-order valence-electron chi connectivity index (χ1n) is 7.67. The molecular weight excluding hydrogens is 379 g/mol. The van der Waals surface area contributed by atoms with Crippen molar-refractivity contribution in [3.8, 4) is 5.69 Å². The van der Waals surface area contributed by atoms with Crippen LogP contribution in [0.5, 0.6) is 0 Å². The Hall–Kier alpha value is -1.89. The summed E-state index contributed by atoms with van der Waals surface area (Å²) in [6, 6.07) is 6.84. The van der Waals surface area contributed by atoms with Crippen molar-refractivity contribution in [2.75, 3.05) is 11.9 Å². The molecule has 3 aromatic rings. The van der Waals surface area contributed by atoms with Crippen LogP contribution >= 0.6 is 34.5 Å². The van der Waals surface area contributed by atoms with Crippen LogP contribution in [-0.4, -0.2) is 21.8 Å². The first kappa shape index (κ1) is 17.9. The summed E-state index contributed by atoms with van der Waals surface area (Å²) in [5, 5.41) is 8.06. The maximum absolute atomic E-state index is 12.6. The van der Waals surface area contributed by atoms with Gasteiger partial charge < -0.3 is 4.90 Å². The highest BCUT2D eigenvalue weighted by Crippen LogP contribution is 2.23. The maximum Gasteiger partial charge on any atom is 0.292 e. The Labute approximate surface area is 159 Å². The molecule has 2 aromatic heterocycles. The molecule has 8 heteroatoms. The molecule has 0 aliphatic rings. The minimum Gasteiger partial charge on any atom is -0.366 e. The topological polar surface area (TPSA) is 51.0 Å². The van der Waals surface area contributed by atoms with Crippen molar-refractivity contribution in [3.05, 3.63) is 66.9 Å². The van der Waals surface area contributed by atoms with Crippen molar-refractivity contribution in [1.82, 2.24) is 14.8 Å². The molecule has 0 spiro atoms. The van der Waals surface area contributed by atoms with E-state index in [1.54, 1.807) is 41.8 Å². The zero-order chi connectivity index (χ0) is 18.0. The normalized spacial score (nSPS) is 10.9. The van der Waals surface area contributed by atoms with E-state index in [9.17, 15) is 4.79 Å². The summed E-state index contributed by atoms with van der Waals surface area (Å²) in [7, 11) is 1.86. The van der Waals surface area contributed by atoms with Crippen LogP contribution in [0.3, 0.4) is 0 Å². The Balaban J connectivity index is 1.89. The Bertz CT molecular complexity index is 937. The smallest absolute Gasteiger partial charge is 0.292 e. The monoisotopic (exact) mass is 394 g/mol. The maximum atomic E-state index is 12.6. The highest BCUT2D eigenvalue weighted by molar-refractivity contribution is 7.09. The van der Waals surface area contributed by atoms with Gasteiger partial charge in [0.25, 0.3) is 5.56 Å². The van der Waals surface area contributed by atoms with Crippen molar-refractivity contribution < 1.29 is 0 Å². The molecule has 0 aliphatic heterocycles. The van der Waals surface area contributed by atoms with Gasteiger partial charge in [-0.05, 0) is 30.7 Å². The molecule has 0 N–H and O–H groups in total. The van der Waals surface area contributed by atoms with Gasteiger partial charge in [0.2, 0.25) is 0 Å². The number of halogens is 2. The lowest BCUT2D eigenvalue weighted by atomic mass is 10.3. The second-order valence-electron chi connectivity index (χ2n) is 5.48. The molecule has 1 aromatic carbocycles. The van der Waals surface area contributed by atoms with Crippen molar-refractivity contribution in [1.29, 1.82) is 0 Å². The number of rotatable bonds is 5. The summed E-state index contributed by atoms with van der Waals surface area (Å²) >= 11 is 13.8. The van der Waals surface area contributed by atoms with Gasteiger partial charge >= 0.3 is 0 Å². The van der Waals surface area contributed by atoms with E-state index in [-0.39, 0.29) is 10.6 Å². The second-order valence-corrected chi connectivity index (χ2v) is 7.24. The molecule has 0 aliphatic carbocycles. The lowest BCUT2D eigenvalue weighted by Crippen LogP contribution is -2.26. The van der Waals surface area contributed by atoms with Crippen LogP contribution in [0.2, 0.25) is 10.0 Å². The van der Waals surface area contributed by atoms with Crippen molar-refractivity contribution >= 4 is 40.2 Å². The van der Waals surface area contributed by atoms with Crippen LogP contribution in [0.15, 0.2) is 40.6 Å². The van der Waals surface area contributed by atoms with E-state index in [4.69, 9.17) is 23.2 Å². The largest absolute Gasteiger partial charge is 0.366 e. The Morgan fingerprint density at radius 1 is 1.24 bits per heavy atom. The van der Waals surface area contributed by atoms with E-state index in [0.29, 0.717) is 22.9 Å². The number of nitrogens with zero attached hydrogens (tertiary/aromatic N) is 4. The van der Waals surface area contributed by atoms with Crippen LogP contribution < -0.4 is 10.5 Å². The van der Waals surface area contributed by atoms with Gasteiger partial charge in [-0.1, -0.05) is 30.1 Å². The number of hydrogen-bond donors (Lipinski definition) is 0. The highest BCUT2D eigenvalue weighted by Gasteiger charge is 2.15. The lowest BCUT2D eigenvalue weighted by molar-refractivity contribution is 0.792. The summed E-state index contributed by atoms with van der Waals surface area (Å²) in [4.78, 5) is 19.0. The molecule has 0 unspecified atom stereocenters. The predicted octanol–water partition coefficient (Wildman–Crippen LogP) is 4.19. The zero-order valence-corrected chi connectivity index (χ0v) is 16.1. The lowest BCUT2D eigenvalue weighted by Gasteiger charge is -2.19. The first-order valence-corrected chi connectivity index (χ1v) is 9.31. The van der Waals surface area contributed by atoms with Crippen LogP contribution in [0.25, 0.3) is 5.69 Å². The van der Waals surface area contributed by atoms with E-state index < -0.39 is 0 Å². The fourth-order valence-corrected chi connectivity index (χ4v) is 3.50. The zero-order valence-electron chi connectivity index (χ0n) is 13.7. The van der Waals surface area contributed by atoms with E-state index in [1.807, 2.05) is 17.3 Å². The molecule has 25 heavy (non-hydrogen) atoms. The van der Waals surface area contributed by atoms with Gasteiger partial charge in [-0.2, -0.15) is 9.78 Å². The highest BCUT2D eigenvalue weighted by atomic mass is 35.5. The van der Waals surface area contributed by atoms with Gasteiger partial charge in [-0.15, -0.1) is 11.3 Å². The van der Waals surface area contributed by atoms with Crippen LogP contribution in [0, 0.1) is 0 Å². The van der Waals surface area contributed by atoms with Gasteiger partial charge in [-0.3, -0.25) is 4.79 Å². The Kier molecular flexibility index (Phi) is 5.42. The molecular formula is C17H16Cl2N4OS. The Morgan fingerprint density at radius 2 is 1.96 bits per heavy atom. The SMILES string of the molecule is CCc1nc(CN(C)c2cnn(-c3ccc(Cl)cc3)c(=O)c2Cl)cs1. The number of hydrogen-bond acceptors (Lipinski definition) is 5. The molecule has 2 heterocycles. The molecule has 0 saturated heterocycles. The fourth-order valence-electron chi connectivity index (χ4n) is 2.37. The molecule has 0 atom stereocenters. The van der Waals surface area contributed by atoms with E-state index in [1.165, 1.54) is 4.68 Å². The number of aryl methyl sites for hydroxylation is 1. The summed E-state index contributed by atoms with van der Waals surface area (Å²) in [5.41, 5.74) is 1.75. The summed E-state index contributed by atoms with van der Waals surface area (Å²) in [5.74, 6) is 0. The molecule has 0 bridgehead atoms.